The minimum absolute atomic E-state index is 0.0428. The SMILES string of the molecule is COc1ccc(COCC[C@H](OCOCc2ccccc2)[C@@H](C)C(=O)C(C)C(O)[C@@H]2CC[C@@H](OCOCc3ccccc3)[C@H](OC)C2)cc1. The van der Waals surface area contributed by atoms with Crippen molar-refractivity contribution in [3.05, 3.63) is 102 Å². The average molecular weight is 679 g/mol. The van der Waals surface area contributed by atoms with Crippen molar-refractivity contribution in [2.75, 3.05) is 34.4 Å². The summed E-state index contributed by atoms with van der Waals surface area (Å²) in [5.41, 5.74) is 3.16. The van der Waals surface area contributed by atoms with Crippen LogP contribution in [0.3, 0.4) is 0 Å². The van der Waals surface area contributed by atoms with Crippen molar-refractivity contribution in [3.8, 4) is 5.75 Å². The highest BCUT2D eigenvalue weighted by atomic mass is 16.7. The topological polar surface area (TPSA) is 102 Å². The van der Waals surface area contributed by atoms with Crippen molar-refractivity contribution in [2.45, 2.75) is 83.8 Å². The summed E-state index contributed by atoms with van der Waals surface area (Å²) >= 11 is 0. The molecule has 0 saturated heterocycles. The lowest BCUT2D eigenvalue weighted by atomic mass is 9.75. The van der Waals surface area contributed by atoms with E-state index < -0.39 is 24.0 Å². The van der Waals surface area contributed by atoms with E-state index in [4.69, 9.17) is 33.2 Å². The van der Waals surface area contributed by atoms with E-state index in [1.165, 1.54) is 0 Å². The van der Waals surface area contributed by atoms with Crippen molar-refractivity contribution in [1.29, 1.82) is 0 Å². The van der Waals surface area contributed by atoms with Crippen LogP contribution in [0.5, 0.6) is 5.75 Å². The Morgan fingerprint density at radius 2 is 1.33 bits per heavy atom. The number of carbonyl (C=O) groups excluding carboxylic acids is 1. The summed E-state index contributed by atoms with van der Waals surface area (Å²) in [6.07, 6.45) is 0.935. The lowest BCUT2D eigenvalue weighted by Gasteiger charge is -2.38. The summed E-state index contributed by atoms with van der Waals surface area (Å²) in [6.45, 7) is 5.61. The highest BCUT2D eigenvalue weighted by Crippen LogP contribution is 2.34. The summed E-state index contributed by atoms with van der Waals surface area (Å²) in [6, 6.07) is 27.6. The smallest absolute Gasteiger partial charge is 0.147 e. The van der Waals surface area contributed by atoms with E-state index >= 15 is 0 Å². The third-order valence-corrected chi connectivity index (χ3v) is 9.45. The minimum Gasteiger partial charge on any atom is -0.497 e. The van der Waals surface area contributed by atoms with Crippen molar-refractivity contribution >= 4 is 5.78 Å². The van der Waals surface area contributed by atoms with Gasteiger partial charge in [0, 0.05) is 25.6 Å². The van der Waals surface area contributed by atoms with Crippen LogP contribution in [0.2, 0.25) is 0 Å². The van der Waals surface area contributed by atoms with Gasteiger partial charge in [-0.25, -0.2) is 0 Å². The molecular formula is C40H54O9. The molecule has 268 valence electrons. The normalized spacial score (nSPS) is 20.3. The maximum atomic E-state index is 13.8. The van der Waals surface area contributed by atoms with E-state index in [2.05, 4.69) is 0 Å². The second-order valence-corrected chi connectivity index (χ2v) is 12.8. The molecule has 9 nitrogen and oxygen atoms in total. The maximum absolute atomic E-state index is 13.8. The van der Waals surface area contributed by atoms with Gasteiger partial charge in [-0.1, -0.05) is 86.6 Å². The molecular weight excluding hydrogens is 624 g/mol. The van der Waals surface area contributed by atoms with Crippen LogP contribution in [-0.2, 0) is 53.0 Å². The number of ether oxygens (including phenoxy) is 7. The van der Waals surface area contributed by atoms with E-state index in [1.807, 2.05) is 98.8 Å². The van der Waals surface area contributed by atoms with Crippen molar-refractivity contribution in [3.63, 3.8) is 0 Å². The lowest BCUT2D eigenvalue weighted by molar-refractivity contribution is -0.161. The number of Topliss-reactive ketones (excluding diaryl/α,β-unsaturated/α-hetero) is 1. The number of carbonyl (C=O) groups is 1. The fraction of sp³-hybridized carbons (Fsp3) is 0.525. The molecule has 9 heteroatoms. The highest BCUT2D eigenvalue weighted by Gasteiger charge is 2.40. The van der Waals surface area contributed by atoms with Crippen LogP contribution in [0.1, 0.15) is 56.2 Å². The van der Waals surface area contributed by atoms with Gasteiger partial charge in [0.15, 0.2) is 0 Å². The van der Waals surface area contributed by atoms with Gasteiger partial charge in [0.2, 0.25) is 0 Å². The first kappa shape index (κ1) is 38.6. The molecule has 1 fully saturated rings. The molecule has 0 spiro atoms. The molecule has 1 N–H and O–H groups in total. The van der Waals surface area contributed by atoms with E-state index in [9.17, 15) is 9.90 Å². The zero-order valence-corrected chi connectivity index (χ0v) is 29.4. The number of hydrogen-bond acceptors (Lipinski definition) is 9. The van der Waals surface area contributed by atoms with Crippen molar-refractivity contribution in [1.82, 2.24) is 0 Å². The standard InChI is InChI=1S/C40H54O9/c1-29(36(48-27-46-25-31-11-7-5-8-12-31)21-22-45-24-33-15-18-35(43-3)19-16-33)39(41)30(2)40(42)34-17-20-37(38(23-34)44-4)49-28-47-26-32-13-9-6-10-14-32/h5-16,18-19,29-30,34,36-38,40,42H,17,20-28H2,1-4H3/t29-,30?,34-,36+,37-,38-,40?/m1/s1. The molecule has 4 rings (SSSR count). The molecule has 3 aromatic carbocycles. The fourth-order valence-electron chi connectivity index (χ4n) is 6.38. The van der Waals surface area contributed by atoms with Gasteiger partial charge in [-0.3, -0.25) is 4.79 Å². The largest absolute Gasteiger partial charge is 0.497 e. The number of hydrogen-bond donors (Lipinski definition) is 1. The molecule has 0 amide bonds. The van der Waals surface area contributed by atoms with E-state index in [0.29, 0.717) is 45.7 Å². The van der Waals surface area contributed by atoms with Gasteiger partial charge in [0.1, 0.15) is 25.1 Å². The predicted octanol–water partition coefficient (Wildman–Crippen LogP) is 6.74. The third kappa shape index (κ3) is 12.6. The first-order valence-corrected chi connectivity index (χ1v) is 17.3. The first-order chi connectivity index (χ1) is 23.9. The minimum atomic E-state index is -0.816. The molecule has 0 aromatic heterocycles. The van der Waals surface area contributed by atoms with Crippen LogP contribution >= 0.6 is 0 Å². The first-order valence-electron chi connectivity index (χ1n) is 17.3. The fourth-order valence-corrected chi connectivity index (χ4v) is 6.38. The summed E-state index contributed by atoms with van der Waals surface area (Å²) in [5.74, 6) is -0.408. The molecule has 1 aliphatic carbocycles. The Bertz CT molecular complexity index is 1320. The Kier molecular flexibility index (Phi) is 16.7. The summed E-state index contributed by atoms with van der Waals surface area (Å²) < 4.78 is 40.7. The second-order valence-electron chi connectivity index (χ2n) is 12.8. The summed E-state index contributed by atoms with van der Waals surface area (Å²) in [7, 11) is 3.30. The van der Waals surface area contributed by atoms with Crippen molar-refractivity contribution in [2.24, 2.45) is 17.8 Å². The van der Waals surface area contributed by atoms with Gasteiger partial charge in [0.25, 0.3) is 0 Å². The van der Waals surface area contributed by atoms with Gasteiger partial charge < -0.3 is 38.3 Å². The Balaban J connectivity index is 1.27. The molecule has 49 heavy (non-hydrogen) atoms. The molecule has 1 saturated carbocycles. The third-order valence-electron chi connectivity index (χ3n) is 9.45. The zero-order valence-electron chi connectivity index (χ0n) is 29.4. The molecule has 3 aromatic rings. The van der Waals surface area contributed by atoms with E-state index in [-0.39, 0.29) is 37.5 Å². The molecule has 2 unspecified atom stereocenters. The van der Waals surface area contributed by atoms with Gasteiger partial charge in [-0.2, -0.15) is 0 Å². The van der Waals surface area contributed by atoms with Crippen LogP contribution in [-0.4, -0.2) is 69.7 Å². The van der Waals surface area contributed by atoms with Gasteiger partial charge in [0.05, 0.1) is 51.3 Å². The molecule has 0 bridgehead atoms. The van der Waals surface area contributed by atoms with E-state index in [1.54, 1.807) is 14.2 Å². The summed E-state index contributed by atoms with van der Waals surface area (Å²) in [4.78, 5) is 13.8. The molecule has 0 heterocycles. The number of aliphatic hydroxyl groups excluding tert-OH is 1. The van der Waals surface area contributed by atoms with Crippen LogP contribution < -0.4 is 4.74 Å². The molecule has 1 aliphatic rings. The predicted molar refractivity (Wildman–Crippen MR) is 187 cm³/mol. The van der Waals surface area contributed by atoms with Crippen LogP contribution in [0.4, 0.5) is 0 Å². The van der Waals surface area contributed by atoms with Crippen LogP contribution in [0, 0.1) is 17.8 Å². The van der Waals surface area contributed by atoms with Crippen molar-refractivity contribution < 1.29 is 43.1 Å². The Morgan fingerprint density at radius 3 is 1.94 bits per heavy atom. The average Bonchev–Trinajstić information content (AvgIpc) is 3.15. The van der Waals surface area contributed by atoms with Gasteiger partial charge in [-0.05, 0) is 60.4 Å². The second kappa shape index (κ2) is 21.2. The van der Waals surface area contributed by atoms with Crippen LogP contribution in [0.25, 0.3) is 0 Å². The highest BCUT2D eigenvalue weighted by molar-refractivity contribution is 5.84. The molecule has 0 radical (unpaired) electrons. The van der Waals surface area contributed by atoms with Gasteiger partial charge >= 0.3 is 0 Å². The quantitative estimate of drug-likeness (QED) is 0.0915. The number of methoxy groups -OCH3 is 2. The number of rotatable bonds is 22. The zero-order chi connectivity index (χ0) is 34.8. The maximum Gasteiger partial charge on any atom is 0.147 e. The summed E-state index contributed by atoms with van der Waals surface area (Å²) in [5, 5.41) is 11.5. The molecule has 7 atom stereocenters. The number of aliphatic hydroxyl groups is 1. The Morgan fingerprint density at radius 1 is 0.735 bits per heavy atom. The monoisotopic (exact) mass is 678 g/mol. The van der Waals surface area contributed by atoms with Gasteiger partial charge in [-0.15, -0.1) is 0 Å². The number of benzene rings is 3. The lowest BCUT2D eigenvalue weighted by Crippen LogP contribution is -2.45. The Labute approximate surface area is 291 Å². The van der Waals surface area contributed by atoms with Crippen LogP contribution in [0.15, 0.2) is 84.9 Å². The Hall–Kier alpha value is -3.15. The number of ketones is 1. The molecule has 0 aliphatic heterocycles. The van der Waals surface area contributed by atoms with E-state index in [0.717, 1.165) is 28.9 Å².